The van der Waals surface area contributed by atoms with Crippen molar-refractivity contribution in [3.63, 3.8) is 0 Å². The maximum atomic E-state index is 12.9. The topological polar surface area (TPSA) is 78.9 Å². The summed E-state index contributed by atoms with van der Waals surface area (Å²) in [6.07, 6.45) is 108. The lowest BCUT2D eigenvalue weighted by Gasteiger charge is -2.18. The summed E-state index contributed by atoms with van der Waals surface area (Å²) in [5.74, 6) is -1.17. The molecule has 0 aliphatic carbocycles. The number of hydrogen-bond acceptors (Lipinski definition) is 6. The maximum Gasteiger partial charge on any atom is 0.309 e. The molecular weight excluding hydrogens is 1020 g/mol. The Morgan fingerprint density at radius 2 is 0.482 bits per heavy atom. The first-order valence-corrected chi connectivity index (χ1v) is 31.9. The molecule has 0 amide bonds. The molecular formula is C77H112O6. The van der Waals surface area contributed by atoms with Gasteiger partial charge in [0.1, 0.15) is 13.2 Å². The van der Waals surface area contributed by atoms with E-state index in [1.165, 1.54) is 0 Å². The molecule has 1 unspecified atom stereocenters. The van der Waals surface area contributed by atoms with Crippen LogP contribution >= 0.6 is 0 Å². The van der Waals surface area contributed by atoms with Crippen LogP contribution in [-0.2, 0) is 28.6 Å². The van der Waals surface area contributed by atoms with E-state index in [1.807, 2.05) is 6.08 Å². The van der Waals surface area contributed by atoms with Crippen LogP contribution in [0.2, 0.25) is 0 Å². The fourth-order valence-electron chi connectivity index (χ4n) is 7.53. The van der Waals surface area contributed by atoms with Gasteiger partial charge in [-0.2, -0.15) is 0 Å². The van der Waals surface area contributed by atoms with Crippen LogP contribution < -0.4 is 0 Å². The highest BCUT2D eigenvalue weighted by Crippen LogP contribution is 2.11. The summed E-state index contributed by atoms with van der Waals surface area (Å²) in [4.78, 5) is 38.2. The Hall–Kier alpha value is -6.53. The quantitative estimate of drug-likeness (QED) is 0.0261. The molecule has 0 saturated heterocycles. The number of hydrogen-bond donors (Lipinski definition) is 0. The molecule has 0 aromatic rings. The smallest absolute Gasteiger partial charge is 0.309 e. The van der Waals surface area contributed by atoms with E-state index >= 15 is 0 Å². The number of carbonyl (C=O) groups excluding carboxylic acids is 3. The lowest BCUT2D eigenvalue weighted by atomic mass is 10.1. The molecule has 0 rings (SSSR count). The van der Waals surface area contributed by atoms with Gasteiger partial charge in [0.05, 0.1) is 6.42 Å². The van der Waals surface area contributed by atoms with Crippen LogP contribution in [-0.4, -0.2) is 37.2 Å². The summed E-state index contributed by atoms with van der Waals surface area (Å²) in [5, 5.41) is 0. The first-order valence-electron chi connectivity index (χ1n) is 31.9. The highest BCUT2D eigenvalue weighted by atomic mass is 16.6. The first-order chi connectivity index (χ1) is 41.0. The van der Waals surface area contributed by atoms with Gasteiger partial charge < -0.3 is 14.2 Å². The minimum Gasteiger partial charge on any atom is -0.462 e. The Kier molecular flexibility index (Phi) is 62.6. The molecule has 0 radical (unpaired) electrons. The van der Waals surface area contributed by atoms with Crippen molar-refractivity contribution in [2.24, 2.45) is 0 Å². The van der Waals surface area contributed by atoms with E-state index in [9.17, 15) is 14.4 Å². The second kappa shape index (κ2) is 68.0. The van der Waals surface area contributed by atoms with E-state index in [0.717, 1.165) is 154 Å². The zero-order valence-electron chi connectivity index (χ0n) is 52.1. The highest BCUT2D eigenvalue weighted by Gasteiger charge is 2.19. The molecule has 0 aliphatic heterocycles. The Morgan fingerprint density at radius 3 is 0.759 bits per heavy atom. The van der Waals surface area contributed by atoms with Crippen molar-refractivity contribution >= 4 is 17.9 Å². The van der Waals surface area contributed by atoms with Crippen molar-refractivity contribution in [2.45, 2.75) is 219 Å². The van der Waals surface area contributed by atoms with Crippen LogP contribution in [0.1, 0.15) is 213 Å². The summed E-state index contributed by atoms with van der Waals surface area (Å²) >= 11 is 0. The summed E-state index contributed by atoms with van der Waals surface area (Å²) in [6, 6.07) is 0. The second-order valence-corrected chi connectivity index (χ2v) is 19.8. The Balaban J connectivity index is 4.58. The van der Waals surface area contributed by atoms with Gasteiger partial charge in [-0.25, -0.2) is 0 Å². The predicted octanol–water partition coefficient (Wildman–Crippen LogP) is 22.3. The molecule has 6 nitrogen and oxygen atoms in total. The molecule has 0 aliphatic rings. The van der Waals surface area contributed by atoms with Crippen LogP contribution in [0.4, 0.5) is 0 Å². The first kappa shape index (κ1) is 76.5. The van der Waals surface area contributed by atoms with Crippen molar-refractivity contribution in [1.82, 2.24) is 0 Å². The highest BCUT2D eigenvalue weighted by molar-refractivity contribution is 5.72. The molecule has 456 valence electrons. The lowest BCUT2D eigenvalue weighted by Crippen LogP contribution is -2.30. The Bertz CT molecular complexity index is 2130. The van der Waals surface area contributed by atoms with E-state index in [0.29, 0.717) is 19.3 Å². The zero-order chi connectivity index (χ0) is 59.9. The fourth-order valence-corrected chi connectivity index (χ4v) is 7.53. The second-order valence-electron chi connectivity index (χ2n) is 19.8. The minimum absolute atomic E-state index is 0.0994. The number of rotatable bonds is 54. The van der Waals surface area contributed by atoms with Gasteiger partial charge in [-0.3, -0.25) is 14.4 Å². The summed E-state index contributed by atoms with van der Waals surface area (Å²) in [6.45, 7) is 6.12. The third-order valence-electron chi connectivity index (χ3n) is 12.2. The molecule has 0 heterocycles. The van der Waals surface area contributed by atoms with Gasteiger partial charge in [-0.1, -0.05) is 265 Å². The van der Waals surface area contributed by atoms with Gasteiger partial charge in [0.15, 0.2) is 6.10 Å². The zero-order valence-corrected chi connectivity index (χ0v) is 52.1. The van der Waals surface area contributed by atoms with E-state index in [-0.39, 0.29) is 44.4 Å². The van der Waals surface area contributed by atoms with Crippen LogP contribution in [0.3, 0.4) is 0 Å². The largest absolute Gasteiger partial charge is 0.462 e. The molecule has 6 heteroatoms. The molecule has 0 spiro atoms. The number of carbonyl (C=O) groups is 3. The van der Waals surface area contributed by atoms with Gasteiger partial charge >= 0.3 is 17.9 Å². The molecule has 1 atom stereocenters. The van der Waals surface area contributed by atoms with E-state index in [2.05, 4.69) is 240 Å². The van der Waals surface area contributed by atoms with Crippen molar-refractivity contribution < 1.29 is 28.6 Å². The van der Waals surface area contributed by atoms with Crippen molar-refractivity contribution in [3.05, 3.63) is 231 Å². The number of ether oxygens (including phenoxy) is 3. The summed E-state index contributed by atoms with van der Waals surface area (Å²) < 4.78 is 16.7. The summed E-state index contributed by atoms with van der Waals surface area (Å²) in [5.41, 5.74) is 0. The van der Waals surface area contributed by atoms with E-state index < -0.39 is 12.1 Å². The number of esters is 3. The van der Waals surface area contributed by atoms with Crippen molar-refractivity contribution in [1.29, 1.82) is 0 Å². The average Bonchev–Trinajstić information content (AvgIpc) is 3.49. The molecule has 0 bridgehead atoms. The van der Waals surface area contributed by atoms with Gasteiger partial charge in [-0.15, -0.1) is 0 Å². The van der Waals surface area contributed by atoms with Crippen LogP contribution in [0.25, 0.3) is 0 Å². The number of allylic oxidation sites excluding steroid dienone is 37. The predicted molar refractivity (Wildman–Crippen MR) is 361 cm³/mol. The molecule has 0 N–H and O–H groups in total. The molecule has 0 fully saturated rings. The fraction of sp³-hybridized carbons (Fsp3) is 0.468. The third kappa shape index (κ3) is 66.2. The van der Waals surface area contributed by atoms with Crippen LogP contribution in [0.15, 0.2) is 231 Å². The maximum absolute atomic E-state index is 12.9. The normalized spacial score (nSPS) is 13.7. The van der Waals surface area contributed by atoms with Crippen LogP contribution in [0.5, 0.6) is 0 Å². The number of unbranched alkanes of at least 4 members (excludes halogenated alkanes) is 6. The van der Waals surface area contributed by atoms with E-state index in [4.69, 9.17) is 14.2 Å². The SMILES string of the molecule is CC/C=C\C/C=C\C/C=C\C/C=C\C/C=C\C/C=C\C/C=C\C/C=C\C/C=C\CCCCCC(=O)OCC(COC(=O)C/C=C\C/C=C\C/C=C\C/C=C\C/C=C\CC)OC(=O)CCCCC/C=C\C/C=C\C/C=C\C/C=C\C/C=C\CC. The minimum atomic E-state index is -0.867. The molecule has 0 aromatic carbocycles. The molecule has 0 saturated carbocycles. The van der Waals surface area contributed by atoms with E-state index in [1.54, 1.807) is 6.08 Å². The lowest BCUT2D eigenvalue weighted by molar-refractivity contribution is -0.166. The average molecular weight is 1130 g/mol. The van der Waals surface area contributed by atoms with Gasteiger partial charge in [0.25, 0.3) is 0 Å². The molecule has 83 heavy (non-hydrogen) atoms. The van der Waals surface area contributed by atoms with Crippen molar-refractivity contribution in [3.8, 4) is 0 Å². The standard InChI is InChI=1S/C77H112O6/c1-4-7-10-13-16-19-22-25-28-30-32-33-34-35-36-37-38-39-40-41-42-43-45-46-49-52-55-58-61-64-67-70-76(79)82-73-74(72-81-75(78)69-66-63-60-57-54-51-48-27-24-21-18-15-12-9-6-3)83-77(80)71-68-65-62-59-56-53-50-47-44-31-29-26-23-20-17-14-11-8-5-2/h7-12,16-21,25-29,32-33,35-36,38-39,41-42,44-48,52-57,63,66,74H,4-6,13-15,22-24,30-31,34,37,40,43,49-51,58-62,64-65,67-73H2,1-3H3/b10-7-,11-8-,12-9-,19-16-,20-17-,21-18-,28-25-,29-26-,33-32-,36-35-,39-38-,42-41-,46-45-,47-44-,48-27-,55-52-,56-53-,57-54-,66-63-. The van der Waals surface area contributed by atoms with Crippen molar-refractivity contribution in [2.75, 3.05) is 13.2 Å². The Morgan fingerprint density at radius 1 is 0.253 bits per heavy atom. The van der Waals surface area contributed by atoms with Gasteiger partial charge in [0, 0.05) is 12.8 Å². The summed E-state index contributed by atoms with van der Waals surface area (Å²) in [7, 11) is 0. The third-order valence-corrected chi connectivity index (χ3v) is 12.2. The van der Waals surface area contributed by atoms with Gasteiger partial charge in [-0.05, 0) is 161 Å². The molecule has 0 aromatic heterocycles. The monoisotopic (exact) mass is 1130 g/mol. The van der Waals surface area contributed by atoms with Crippen LogP contribution in [0, 0.1) is 0 Å². The Labute approximate surface area is 507 Å². The van der Waals surface area contributed by atoms with Gasteiger partial charge in [0.2, 0.25) is 0 Å².